The molecule has 2 heterocycles. The maximum absolute atomic E-state index is 13.1. The number of hydrogen-bond donors (Lipinski definition) is 0. The van der Waals surface area contributed by atoms with Crippen molar-refractivity contribution in [2.75, 3.05) is 17.3 Å². The lowest BCUT2D eigenvalue weighted by Gasteiger charge is -2.33. The highest BCUT2D eigenvalue weighted by Crippen LogP contribution is 2.40. The van der Waals surface area contributed by atoms with Gasteiger partial charge in [-0.2, -0.15) is 0 Å². The normalized spacial score (nSPS) is 21.5. The highest BCUT2D eigenvalue weighted by molar-refractivity contribution is 7.99. The average Bonchev–Trinajstić information content (AvgIpc) is 3.40. The standard InChI is InChI=1S/C21H28N4O3S2/c1-3-15(2)24(18-11-12-30(27,28)14-18)19(26)13-29-21-22-20(16-9-10-16)25(23-21)17-7-5-4-6-8-17/h4-8,15-16,18H,3,9-14H2,1-2H3/t15-,18+/m1/s1. The van der Waals surface area contributed by atoms with Crippen molar-refractivity contribution in [2.45, 2.75) is 62.7 Å². The summed E-state index contributed by atoms with van der Waals surface area (Å²) in [5, 5.41) is 5.26. The zero-order chi connectivity index (χ0) is 21.3. The van der Waals surface area contributed by atoms with Crippen molar-refractivity contribution in [3.8, 4) is 5.69 Å². The van der Waals surface area contributed by atoms with Crippen LogP contribution in [0.25, 0.3) is 5.69 Å². The minimum atomic E-state index is -3.05. The molecule has 162 valence electrons. The summed E-state index contributed by atoms with van der Waals surface area (Å²) in [6.45, 7) is 4.01. The van der Waals surface area contributed by atoms with Crippen LogP contribution in [0, 0.1) is 0 Å². The number of hydrogen-bond acceptors (Lipinski definition) is 6. The van der Waals surface area contributed by atoms with Gasteiger partial charge in [-0.3, -0.25) is 4.79 Å². The van der Waals surface area contributed by atoms with E-state index in [0.717, 1.165) is 30.8 Å². The van der Waals surface area contributed by atoms with Crippen LogP contribution in [0.1, 0.15) is 51.3 Å². The van der Waals surface area contributed by atoms with E-state index in [4.69, 9.17) is 4.98 Å². The van der Waals surface area contributed by atoms with E-state index < -0.39 is 9.84 Å². The first kappa shape index (κ1) is 21.4. The highest BCUT2D eigenvalue weighted by Gasteiger charge is 2.36. The van der Waals surface area contributed by atoms with E-state index >= 15 is 0 Å². The number of carbonyl (C=O) groups excluding carboxylic acids is 1. The number of rotatable bonds is 8. The van der Waals surface area contributed by atoms with Crippen LogP contribution in [0.15, 0.2) is 35.5 Å². The van der Waals surface area contributed by atoms with Crippen molar-refractivity contribution in [2.24, 2.45) is 0 Å². The first-order chi connectivity index (χ1) is 14.4. The summed E-state index contributed by atoms with van der Waals surface area (Å²) >= 11 is 1.33. The second-order valence-corrected chi connectivity index (χ2v) is 11.3. The van der Waals surface area contributed by atoms with Crippen LogP contribution in [0.3, 0.4) is 0 Å². The minimum Gasteiger partial charge on any atom is -0.335 e. The summed E-state index contributed by atoms with van der Waals surface area (Å²) in [5.74, 6) is 1.80. The molecule has 2 aromatic rings. The third-order valence-electron chi connectivity index (χ3n) is 5.84. The van der Waals surface area contributed by atoms with Gasteiger partial charge in [0, 0.05) is 18.0 Å². The topological polar surface area (TPSA) is 85.2 Å². The second kappa shape index (κ2) is 8.70. The van der Waals surface area contributed by atoms with Crippen molar-refractivity contribution in [1.82, 2.24) is 19.7 Å². The van der Waals surface area contributed by atoms with E-state index in [0.29, 0.717) is 17.5 Å². The minimum absolute atomic E-state index is 0.00765. The van der Waals surface area contributed by atoms with Crippen LogP contribution in [0.5, 0.6) is 0 Å². The Morgan fingerprint density at radius 3 is 2.60 bits per heavy atom. The molecule has 0 unspecified atom stereocenters. The molecular formula is C21H28N4O3S2. The van der Waals surface area contributed by atoms with Gasteiger partial charge in [0.1, 0.15) is 5.82 Å². The molecule has 1 saturated heterocycles. The lowest BCUT2D eigenvalue weighted by Crippen LogP contribution is -2.47. The molecule has 0 N–H and O–H groups in total. The van der Waals surface area contributed by atoms with Crippen LogP contribution in [-0.4, -0.2) is 63.3 Å². The molecule has 1 aliphatic carbocycles. The molecule has 1 aliphatic heterocycles. The molecule has 1 saturated carbocycles. The van der Waals surface area contributed by atoms with E-state index in [1.54, 1.807) is 4.90 Å². The van der Waals surface area contributed by atoms with Gasteiger partial charge in [-0.1, -0.05) is 36.9 Å². The van der Waals surface area contributed by atoms with Gasteiger partial charge in [0.05, 0.1) is 22.9 Å². The number of nitrogens with zero attached hydrogens (tertiary/aromatic N) is 4. The van der Waals surface area contributed by atoms with E-state index in [1.165, 1.54) is 11.8 Å². The molecule has 0 radical (unpaired) electrons. The molecule has 7 nitrogen and oxygen atoms in total. The molecule has 0 spiro atoms. The number of benzene rings is 1. The lowest BCUT2D eigenvalue weighted by molar-refractivity contribution is -0.132. The molecule has 2 aliphatic rings. The fourth-order valence-electron chi connectivity index (χ4n) is 3.93. The summed E-state index contributed by atoms with van der Waals surface area (Å²) in [4.78, 5) is 19.6. The Balaban J connectivity index is 1.48. The van der Waals surface area contributed by atoms with E-state index in [2.05, 4.69) is 5.10 Å². The predicted octanol–water partition coefficient (Wildman–Crippen LogP) is 3.05. The van der Waals surface area contributed by atoms with Gasteiger partial charge < -0.3 is 4.90 Å². The van der Waals surface area contributed by atoms with Crippen molar-refractivity contribution >= 4 is 27.5 Å². The molecule has 1 aromatic carbocycles. The van der Waals surface area contributed by atoms with Gasteiger partial charge in [-0.25, -0.2) is 18.1 Å². The Hall–Kier alpha value is -1.87. The third kappa shape index (κ3) is 4.72. The van der Waals surface area contributed by atoms with Crippen LogP contribution in [0.4, 0.5) is 0 Å². The van der Waals surface area contributed by atoms with Gasteiger partial charge in [0.15, 0.2) is 9.84 Å². The molecular weight excluding hydrogens is 420 g/mol. The summed E-state index contributed by atoms with van der Waals surface area (Å²) in [6, 6.07) is 9.71. The Labute approximate surface area is 182 Å². The number of sulfone groups is 1. The number of thioether (sulfide) groups is 1. The third-order valence-corrected chi connectivity index (χ3v) is 8.41. The zero-order valence-electron chi connectivity index (χ0n) is 17.4. The van der Waals surface area contributed by atoms with Gasteiger partial charge in [0.2, 0.25) is 11.1 Å². The molecule has 4 rings (SSSR count). The van der Waals surface area contributed by atoms with Gasteiger partial charge in [-0.05, 0) is 44.7 Å². The Morgan fingerprint density at radius 1 is 1.27 bits per heavy atom. The van der Waals surface area contributed by atoms with Crippen molar-refractivity contribution in [3.63, 3.8) is 0 Å². The maximum Gasteiger partial charge on any atom is 0.233 e. The van der Waals surface area contributed by atoms with E-state index in [-0.39, 0.29) is 35.2 Å². The monoisotopic (exact) mass is 448 g/mol. The fourth-order valence-corrected chi connectivity index (χ4v) is 6.34. The maximum atomic E-state index is 13.1. The molecule has 9 heteroatoms. The Morgan fingerprint density at radius 2 is 2.00 bits per heavy atom. The quantitative estimate of drug-likeness (QED) is 0.577. The van der Waals surface area contributed by atoms with Crippen LogP contribution in [0.2, 0.25) is 0 Å². The van der Waals surface area contributed by atoms with Crippen LogP contribution < -0.4 is 0 Å². The Kier molecular flexibility index (Phi) is 6.20. The Bertz CT molecular complexity index is 1000. The summed E-state index contributed by atoms with van der Waals surface area (Å²) < 4.78 is 25.8. The van der Waals surface area contributed by atoms with Crippen molar-refractivity contribution in [1.29, 1.82) is 0 Å². The second-order valence-electron chi connectivity index (χ2n) is 8.18. The smallest absolute Gasteiger partial charge is 0.233 e. The number of carbonyl (C=O) groups is 1. The van der Waals surface area contributed by atoms with Crippen LogP contribution >= 0.6 is 11.8 Å². The van der Waals surface area contributed by atoms with Crippen molar-refractivity contribution in [3.05, 3.63) is 36.2 Å². The average molecular weight is 449 g/mol. The lowest BCUT2D eigenvalue weighted by atomic mass is 10.1. The van der Waals surface area contributed by atoms with Gasteiger partial charge >= 0.3 is 0 Å². The fraction of sp³-hybridized carbons (Fsp3) is 0.571. The van der Waals surface area contributed by atoms with Gasteiger partial charge in [-0.15, -0.1) is 5.10 Å². The molecule has 1 aromatic heterocycles. The van der Waals surface area contributed by atoms with Crippen LogP contribution in [-0.2, 0) is 14.6 Å². The SMILES string of the molecule is CC[C@@H](C)N(C(=O)CSc1nc(C2CC2)n(-c2ccccc2)n1)[C@H]1CCS(=O)(=O)C1. The summed E-state index contributed by atoms with van der Waals surface area (Å²) in [7, 11) is -3.05. The van der Waals surface area contributed by atoms with E-state index in [1.807, 2.05) is 48.9 Å². The van der Waals surface area contributed by atoms with Gasteiger partial charge in [0.25, 0.3) is 0 Å². The number of aromatic nitrogens is 3. The largest absolute Gasteiger partial charge is 0.335 e. The first-order valence-corrected chi connectivity index (χ1v) is 13.4. The van der Waals surface area contributed by atoms with E-state index in [9.17, 15) is 13.2 Å². The summed E-state index contributed by atoms with van der Waals surface area (Å²) in [6.07, 6.45) is 3.55. The highest BCUT2D eigenvalue weighted by atomic mass is 32.2. The summed E-state index contributed by atoms with van der Waals surface area (Å²) in [5.41, 5.74) is 0.975. The number of amides is 1. The molecule has 0 bridgehead atoms. The molecule has 2 atom stereocenters. The van der Waals surface area contributed by atoms with Crippen molar-refractivity contribution < 1.29 is 13.2 Å². The molecule has 1 amide bonds. The molecule has 2 fully saturated rings. The molecule has 30 heavy (non-hydrogen) atoms. The number of para-hydroxylation sites is 1. The zero-order valence-corrected chi connectivity index (χ0v) is 19.0. The predicted molar refractivity (Wildman–Crippen MR) is 118 cm³/mol. The first-order valence-electron chi connectivity index (χ1n) is 10.5.